The van der Waals surface area contributed by atoms with E-state index in [1.54, 1.807) is 0 Å². The topological polar surface area (TPSA) is 0 Å². The van der Waals surface area contributed by atoms with Crippen LogP contribution in [0.1, 0.15) is 174 Å². The second-order valence-electron chi connectivity index (χ2n) is 9.25. The monoisotopic (exact) mass is 441 g/mol. The van der Waals surface area contributed by atoms with Crippen LogP contribution >= 0.6 is 0 Å². The van der Waals surface area contributed by atoms with E-state index in [9.17, 15) is 0 Å². The zero-order chi connectivity index (χ0) is 20.3. The first-order chi connectivity index (χ1) is 10.8. The molecule has 0 N–H and O–H groups in total. The molecule has 0 rings (SSSR count). The Morgan fingerprint density at radius 1 is 0.433 bits per heavy atom. The molecule has 0 spiro atoms. The first-order valence-electron chi connectivity index (χ1n) is 10.8. The molecular weight excluding hydrogens is 360 g/mol. The van der Waals surface area contributed by atoms with Crippen LogP contribution in [0.15, 0.2) is 0 Å². The quantitative estimate of drug-likeness (QED) is 0.398. The predicted molar refractivity (Wildman–Crippen MR) is 159 cm³/mol. The molecule has 0 nitrogen and oxygen atoms in total. The first kappa shape index (κ1) is 63.1. The zero-order valence-corrected chi connectivity index (χ0v) is 20.3. The third-order valence-electron chi connectivity index (χ3n) is 5.18. The van der Waals surface area contributed by atoms with Crippen LogP contribution in [0.2, 0.25) is 0 Å². The molecule has 0 radical (unpaired) electrons. The highest BCUT2D eigenvalue weighted by molar-refractivity contribution is 4.55. The summed E-state index contributed by atoms with van der Waals surface area (Å²) in [7, 11) is 0. The van der Waals surface area contributed by atoms with E-state index in [4.69, 9.17) is 0 Å². The average molecular weight is 441 g/mol. The molecule has 0 saturated heterocycles. The third-order valence-corrected chi connectivity index (χ3v) is 5.18. The van der Waals surface area contributed by atoms with E-state index in [1.165, 1.54) is 32.1 Å². The average Bonchev–Trinajstić information content (AvgIpc) is 2.54. The summed E-state index contributed by atoms with van der Waals surface area (Å²) in [5.74, 6) is 3.57. The van der Waals surface area contributed by atoms with Crippen molar-refractivity contribution >= 4 is 0 Å². The molecule has 0 atom stereocenters. The van der Waals surface area contributed by atoms with Crippen LogP contribution in [0, 0.1) is 29.1 Å². The van der Waals surface area contributed by atoms with Gasteiger partial charge in [-0.05, 0) is 29.1 Å². The molecule has 0 heterocycles. The largest absolute Gasteiger partial charge is 0.0776 e. The minimum absolute atomic E-state index is 0. The van der Waals surface area contributed by atoms with Gasteiger partial charge in [0.25, 0.3) is 0 Å². The van der Waals surface area contributed by atoms with Crippen molar-refractivity contribution in [1.82, 2.24) is 0 Å². The van der Waals surface area contributed by atoms with Crippen LogP contribution in [0.5, 0.6) is 0 Å². The van der Waals surface area contributed by atoms with Gasteiger partial charge in [0.05, 0.1) is 0 Å². The third kappa shape index (κ3) is 90.7. The van der Waals surface area contributed by atoms with Crippen LogP contribution in [0.4, 0.5) is 0 Å². The van der Waals surface area contributed by atoms with E-state index in [1.807, 2.05) is 0 Å². The molecule has 0 saturated carbocycles. The summed E-state index contributed by atoms with van der Waals surface area (Å²) in [6.45, 7) is 31.4. The highest BCUT2D eigenvalue weighted by Crippen LogP contribution is 2.16. The lowest BCUT2D eigenvalue weighted by atomic mass is 9.94. The summed E-state index contributed by atoms with van der Waals surface area (Å²) < 4.78 is 0. The molecule has 0 heteroatoms. The molecule has 30 heavy (non-hydrogen) atoms. The van der Waals surface area contributed by atoms with E-state index in [0.717, 1.165) is 23.7 Å². The minimum atomic E-state index is 0. The molecule has 0 amide bonds. The fourth-order valence-electron chi connectivity index (χ4n) is 0.577. The van der Waals surface area contributed by atoms with Crippen molar-refractivity contribution in [3.05, 3.63) is 0 Å². The van der Waals surface area contributed by atoms with E-state index < -0.39 is 0 Å². The Morgan fingerprint density at radius 2 is 0.567 bits per heavy atom. The number of hydrogen-bond acceptors (Lipinski definition) is 0. The van der Waals surface area contributed by atoms with Gasteiger partial charge in [0, 0.05) is 0 Å². The molecular formula is C30H80. The molecule has 0 bridgehead atoms. The predicted octanol–water partition coefficient (Wildman–Crippen LogP) is 13.4. The highest BCUT2D eigenvalue weighted by atomic mass is 14.1. The van der Waals surface area contributed by atoms with E-state index in [2.05, 4.69) is 96.9 Å². The maximum Gasteiger partial charge on any atom is -0.0385 e. The molecule has 200 valence electrons. The molecule has 0 aliphatic rings. The van der Waals surface area contributed by atoms with Gasteiger partial charge in [-0.25, -0.2) is 0 Å². The first-order valence-corrected chi connectivity index (χ1v) is 10.8. The summed E-state index contributed by atoms with van der Waals surface area (Å²) in [6.07, 6.45) is 6.59. The fraction of sp³-hybridized carbons (Fsp3) is 1.00. The molecule has 0 aromatic heterocycles. The van der Waals surface area contributed by atoms with Crippen molar-refractivity contribution in [2.45, 2.75) is 174 Å². The lowest BCUT2D eigenvalue weighted by molar-refractivity contribution is 0.398. The lowest BCUT2D eigenvalue weighted by Crippen LogP contribution is -2.00. The van der Waals surface area contributed by atoms with Gasteiger partial charge in [-0.1, -0.05) is 174 Å². The molecule has 0 aliphatic carbocycles. The molecule has 0 fully saturated rings. The number of rotatable bonds is 5. The maximum atomic E-state index is 2.28. The van der Waals surface area contributed by atoms with Gasteiger partial charge < -0.3 is 0 Å². The number of hydrogen-bond donors (Lipinski definition) is 0. The summed E-state index contributed by atoms with van der Waals surface area (Å²) in [4.78, 5) is 0. The zero-order valence-electron chi connectivity index (χ0n) is 20.3. The molecule has 0 unspecified atom stereocenters. The Balaban J connectivity index is -0.0000000208. The van der Waals surface area contributed by atoms with Crippen molar-refractivity contribution in [3.63, 3.8) is 0 Å². The van der Waals surface area contributed by atoms with Crippen molar-refractivity contribution in [2.75, 3.05) is 0 Å². The van der Waals surface area contributed by atoms with Crippen LogP contribution in [0.25, 0.3) is 0 Å². The molecule has 0 aliphatic heterocycles. The van der Waals surface area contributed by atoms with Crippen molar-refractivity contribution < 1.29 is 0 Å². The van der Waals surface area contributed by atoms with Gasteiger partial charge >= 0.3 is 0 Å². The SMILES string of the molecule is C.C.C.C.C.C.CC(C)C(C)C.CCC(C)(C)C.CCC(C)CC.CCC(C)CC. The van der Waals surface area contributed by atoms with Gasteiger partial charge in [-0.15, -0.1) is 0 Å². The lowest BCUT2D eigenvalue weighted by Gasteiger charge is -2.12. The Kier molecular flexibility index (Phi) is 90.4. The van der Waals surface area contributed by atoms with Crippen LogP contribution in [-0.4, -0.2) is 0 Å². The normalized spacial score (nSPS) is 8.60. The van der Waals surface area contributed by atoms with Crippen LogP contribution < -0.4 is 0 Å². The Hall–Kier alpha value is 0. The molecule has 0 aromatic rings. The van der Waals surface area contributed by atoms with Gasteiger partial charge in [-0.3, -0.25) is 0 Å². The van der Waals surface area contributed by atoms with Crippen molar-refractivity contribution in [1.29, 1.82) is 0 Å². The highest BCUT2D eigenvalue weighted by Gasteiger charge is 2.03. The summed E-state index contributed by atoms with van der Waals surface area (Å²) >= 11 is 0. The second kappa shape index (κ2) is 43.0. The summed E-state index contributed by atoms with van der Waals surface area (Å²) in [5.41, 5.74) is 0.542. The Bertz CT molecular complexity index is 171. The van der Waals surface area contributed by atoms with Gasteiger partial charge in [0.2, 0.25) is 0 Å². The van der Waals surface area contributed by atoms with Gasteiger partial charge in [-0.2, -0.15) is 0 Å². The maximum absolute atomic E-state index is 2.28. The minimum Gasteiger partial charge on any atom is -0.0776 e. The smallest absolute Gasteiger partial charge is 0.0385 e. The summed E-state index contributed by atoms with van der Waals surface area (Å²) in [6, 6.07) is 0. The van der Waals surface area contributed by atoms with Crippen LogP contribution in [0.3, 0.4) is 0 Å². The summed E-state index contributed by atoms with van der Waals surface area (Å²) in [5, 5.41) is 0. The van der Waals surface area contributed by atoms with E-state index in [-0.39, 0.29) is 44.6 Å². The molecule has 0 aromatic carbocycles. The second-order valence-corrected chi connectivity index (χ2v) is 9.25. The Labute approximate surface area is 202 Å². The van der Waals surface area contributed by atoms with Crippen molar-refractivity contribution in [2.24, 2.45) is 29.1 Å². The fourth-order valence-corrected chi connectivity index (χ4v) is 0.577. The van der Waals surface area contributed by atoms with E-state index >= 15 is 0 Å². The van der Waals surface area contributed by atoms with Gasteiger partial charge in [0.15, 0.2) is 0 Å². The van der Waals surface area contributed by atoms with E-state index in [0.29, 0.717) is 5.41 Å². The Morgan fingerprint density at radius 3 is 0.567 bits per heavy atom. The van der Waals surface area contributed by atoms with Gasteiger partial charge in [0.1, 0.15) is 0 Å². The van der Waals surface area contributed by atoms with Crippen LogP contribution in [-0.2, 0) is 0 Å². The standard InChI is InChI=1S/4C6H14.6CH4/c1-5-6(2,3)4;1-5(2)6(3)4;2*1-4-6(3)5-2;;;;;;/h5H2,1-4H3;5-6H,1-4H3;2*6H,4-5H2,1-3H3;6*1H4. The van der Waals surface area contributed by atoms with Crippen molar-refractivity contribution in [3.8, 4) is 0 Å².